The summed E-state index contributed by atoms with van der Waals surface area (Å²) in [5, 5.41) is 11.3. The van der Waals surface area contributed by atoms with Gasteiger partial charge < -0.3 is 15.2 Å². The lowest BCUT2D eigenvalue weighted by atomic mass is 10.1. The fraction of sp³-hybridized carbons (Fsp3) is 0.846. The number of hydrogen-bond acceptors (Lipinski definition) is 3. The summed E-state index contributed by atoms with van der Waals surface area (Å²) in [5.41, 5.74) is 0. The van der Waals surface area contributed by atoms with Gasteiger partial charge in [-0.05, 0) is 25.7 Å². The second kappa shape index (κ2) is 8.91. The van der Waals surface area contributed by atoms with Crippen LogP contribution in [-0.4, -0.2) is 36.2 Å². The zero-order valence-corrected chi connectivity index (χ0v) is 10.8. The number of rotatable bonds is 9. The average molecular weight is 257 g/mol. The number of nitrogens with one attached hydrogen (secondary N) is 1. The van der Waals surface area contributed by atoms with Crippen LogP contribution in [-0.2, 0) is 14.3 Å². The van der Waals surface area contributed by atoms with Gasteiger partial charge >= 0.3 is 5.97 Å². The molecule has 1 saturated heterocycles. The molecule has 1 aliphatic rings. The second-order valence-corrected chi connectivity index (χ2v) is 4.70. The molecular weight excluding hydrogens is 234 g/mol. The van der Waals surface area contributed by atoms with E-state index >= 15 is 0 Å². The van der Waals surface area contributed by atoms with E-state index in [1.54, 1.807) is 0 Å². The van der Waals surface area contributed by atoms with Crippen LogP contribution in [0, 0.1) is 0 Å². The molecule has 2 N–H and O–H groups in total. The highest BCUT2D eigenvalue weighted by Crippen LogP contribution is 2.11. The fourth-order valence-corrected chi connectivity index (χ4v) is 2.04. The van der Waals surface area contributed by atoms with Gasteiger partial charge in [-0.1, -0.05) is 19.3 Å². The van der Waals surface area contributed by atoms with Crippen molar-refractivity contribution in [3.8, 4) is 0 Å². The van der Waals surface area contributed by atoms with Crippen LogP contribution < -0.4 is 5.32 Å². The van der Waals surface area contributed by atoms with Crippen LogP contribution in [0.25, 0.3) is 0 Å². The SMILES string of the molecule is O=C(O)CCCCCCCNC(=O)[C@@H]1CCCO1. The zero-order valence-electron chi connectivity index (χ0n) is 10.8. The standard InChI is InChI=1S/C13H23NO4/c15-12(16)8-4-2-1-3-5-9-14-13(17)11-7-6-10-18-11/h11H,1-10H2,(H,14,17)(H,15,16)/t11-/m0/s1. The molecule has 1 atom stereocenters. The molecule has 0 bridgehead atoms. The summed E-state index contributed by atoms with van der Waals surface area (Å²) in [5.74, 6) is -0.711. The summed E-state index contributed by atoms with van der Waals surface area (Å²) in [6, 6.07) is 0. The van der Waals surface area contributed by atoms with Crippen LogP contribution in [0.4, 0.5) is 0 Å². The Labute approximate surface area is 108 Å². The molecular formula is C13H23NO4. The summed E-state index contributed by atoms with van der Waals surface area (Å²) in [6.07, 6.45) is 6.54. The van der Waals surface area contributed by atoms with E-state index in [1.807, 2.05) is 0 Å². The van der Waals surface area contributed by atoms with Gasteiger partial charge in [0.15, 0.2) is 0 Å². The third kappa shape index (κ3) is 6.59. The molecule has 0 spiro atoms. The Morgan fingerprint density at radius 3 is 2.56 bits per heavy atom. The second-order valence-electron chi connectivity index (χ2n) is 4.70. The number of aliphatic carboxylic acids is 1. The monoisotopic (exact) mass is 257 g/mol. The summed E-state index contributed by atoms with van der Waals surface area (Å²) in [7, 11) is 0. The highest BCUT2D eigenvalue weighted by atomic mass is 16.5. The smallest absolute Gasteiger partial charge is 0.303 e. The van der Waals surface area contributed by atoms with Crippen molar-refractivity contribution in [3.05, 3.63) is 0 Å². The number of carboxylic acids is 1. The Morgan fingerprint density at radius 2 is 1.89 bits per heavy atom. The molecule has 18 heavy (non-hydrogen) atoms. The number of carbonyl (C=O) groups excluding carboxylic acids is 1. The average Bonchev–Trinajstić information content (AvgIpc) is 2.85. The summed E-state index contributed by atoms with van der Waals surface area (Å²) in [6.45, 7) is 1.39. The Bertz CT molecular complexity index is 262. The lowest BCUT2D eigenvalue weighted by Gasteiger charge is -2.09. The molecule has 1 amide bonds. The zero-order chi connectivity index (χ0) is 13.2. The largest absolute Gasteiger partial charge is 0.481 e. The van der Waals surface area contributed by atoms with Crippen LogP contribution in [0.1, 0.15) is 51.4 Å². The fourth-order valence-electron chi connectivity index (χ4n) is 2.04. The molecule has 1 fully saturated rings. The van der Waals surface area contributed by atoms with Gasteiger partial charge in [-0.25, -0.2) is 0 Å². The maximum absolute atomic E-state index is 11.6. The van der Waals surface area contributed by atoms with Crippen molar-refractivity contribution in [1.82, 2.24) is 5.32 Å². The van der Waals surface area contributed by atoms with E-state index in [4.69, 9.17) is 9.84 Å². The van der Waals surface area contributed by atoms with Crippen LogP contribution in [0.15, 0.2) is 0 Å². The molecule has 5 heteroatoms. The maximum atomic E-state index is 11.6. The predicted octanol–water partition coefficient (Wildman–Crippen LogP) is 1.71. The first-order valence-electron chi connectivity index (χ1n) is 6.81. The highest BCUT2D eigenvalue weighted by molar-refractivity contribution is 5.80. The van der Waals surface area contributed by atoms with Gasteiger partial charge in [0.2, 0.25) is 5.91 Å². The first-order valence-corrected chi connectivity index (χ1v) is 6.81. The van der Waals surface area contributed by atoms with E-state index in [0.29, 0.717) is 13.2 Å². The van der Waals surface area contributed by atoms with Gasteiger partial charge in [-0.3, -0.25) is 9.59 Å². The van der Waals surface area contributed by atoms with E-state index in [0.717, 1.165) is 44.9 Å². The first kappa shape index (κ1) is 15.0. The van der Waals surface area contributed by atoms with Gasteiger partial charge in [-0.2, -0.15) is 0 Å². The topological polar surface area (TPSA) is 75.6 Å². The van der Waals surface area contributed by atoms with E-state index < -0.39 is 5.97 Å². The van der Waals surface area contributed by atoms with Crippen molar-refractivity contribution in [1.29, 1.82) is 0 Å². The van der Waals surface area contributed by atoms with Gasteiger partial charge in [0, 0.05) is 19.6 Å². The van der Waals surface area contributed by atoms with E-state index in [-0.39, 0.29) is 18.4 Å². The molecule has 0 unspecified atom stereocenters. The van der Waals surface area contributed by atoms with Crippen molar-refractivity contribution in [3.63, 3.8) is 0 Å². The number of ether oxygens (including phenoxy) is 1. The van der Waals surface area contributed by atoms with Gasteiger partial charge in [0.05, 0.1) is 0 Å². The Hall–Kier alpha value is -1.10. The molecule has 1 rings (SSSR count). The van der Waals surface area contributed by atoms with Gasteiger partial charge in [-0.15, -0.1) is 0 Å². The molecule has 0 aromatic rings. The Morgan fingerprint density at radius 1 is 1.17 bits per heavy atom. The predicted molar refractivity (Wildman–Crippen MR) is 67.3 cm³/mol. The van der Waals surface area contributed by atoms with Crippen molar-refractivity contribution < 1.29 is 19.4 Å². The highest BCUT2D eigenvalue weighted by Gasteiger charge is 2.22. The third-order valence-electron chi connectivity index (χ3n) is 3.09. The first-order chi connectivity index (χ1) is 8.70. The Balaban J connectivity index is 1.86. The number of unbranched alkanes of at least 4 members (excludes halogenated alkanes) is 4. The van der Waals surface area contributed by atoms with Crippen molar-refractivity contribution >= 4 is 11.9 Å². The van der Waals surface area contributed by atoms with Crippen LogP contribution in [0.2, 0.25) is 0 Å². The molecule has 5 nitrogen and oxygen atoms in total. The summed E-state index contributed by atoms with van der Waals surface area (Å²) >= 11 is 0. The lowest BCUT2D eigenvalue weighted by molar-refractivity contribution is -0.137. The molecule has 1 aliphatic heterocycles. The van der Waals surface area contributed by atoms with Crippen LogP contribution in [0.5, 0.6) is 0 Å². The molecule has 104 valence electrons. The van der Waals surface area contributed by atoms with Crippen molar-refractivity contribution in [2.45, 2.75) is 57.5 Å². The Kier molecular flexibility index (Phi) is 7.41. The third-order valence-corrected chi connectivity index (χ3v) is 3.09. The minimum Gasteiger partial charge on any atom is -0.481 e. The molecule has 0 aliphatic carbocycles. The normalized spacial score (nSPS) is 18.8. The van der Waals surface area contributed by atoms with Crippen molar-refractivity contribution in [2.75, 3.05) is 13.2 Å². The van der Waals surface area contributed by atoms with Gasteiger partial charge in [0.25, 0.3) is 0 Å². The summed E-state index contributed by atoms with van der Waals surface area (Å²) < 4.78 is 5.28. The van der Waals surface area contributed by atoms with E-state index in [2.05, 4.69) is 5.32 Å². The number of carboxylic acid groups (broad SMARTS) is 1. The van der Waals surface area contributed by atoms with Crippen LogP contribution in [0.3, 0.4) is 0 Å². The van der Waals surface area contributed by atoms with E-state index in [1.165, 1.54) is 0 Å². The summed E-state index contributed by atoms with van der Waals surface area (Å²) in [4.78, 5) is 21.8. The molecule has 0 aromatic carbocycles. The lowest BCUT2D eigenvalue weighted by Crippen LogP contribution is -2.34. The molecule has 0 aromatic heterocycles. The quantitative estimate of drug-likeness (QED) is 0.616. The molecule has 1 heterocycles. The minimum absolute atomic E-state index is 0.0124. The number of hydrogen-bond donors (Lipinski definition) is 2. The van der Waals surface area contributed by atoms with E-state index in [9.17, 15) is 9.59 Å². The number of carbonyl (C=O) groups is 2. The molecule has 0 saturated carbocycles. The number of amides is 1. The minimum atomic E-state index is -0.723. The van der Waals surface area contributed by atoms with Gasteiger partial charge in [0.1, 0.15) is 6.10 Å². The van der Waals surface area contributed by atoms with Crippen molar-refractivity contribution in [2.24, 2.45) is 0 Å². The molecule has 0 radical (unpaired) electrons. The van der Waals surface area contributed by atoms with Crippen LogP contribution >= 0.6 is 0 Å². The maximum Gasteiger partial charge on any atom is 0.303 e.